The average molecular weight is 305 g/mol. The lowest BCUT2D eigenvalue weighted by Gasteiger charge is -2.27. The highest BCUT2D eigenvalue weighted by atomic mass is 16.5. The minimum absolute atomic E-state index is 0.0639. The smallest absolute Gasteiger partial charge is 0.308 e. The quantitative estimate of drug-likeness (QED) is 0.844. The molecule has 2 rings (SSSR count). The fourth-order valence-electron chi connectivity index (χ4n) is 2.77. The number of carbonyl (C=O) groups excluding carboxylic acids is 1. The SMILES string of the molecule is CCc1ccc(C(=O)NCC(C(=O)O)C2CCOCC2)cc1. The Morgan fingerprint density at radius 1 is 1.27 bits per heavy atom. The van der Waals surface area contributed by atoms with Crippen molar-refractivity contribution in [1.29, 1.82) is 0 Å². The topological polar surface area (TPSA) is 75.6 Å². The minimum atomic E-state index is -0.853. The summed E-state index contributed by atoms with van der Waals surface area (Å²) in [5.74, 6) is -1.56. The Bertz CT molecular complexity index is 506. The van der Waals surface area contributed by atoms with Gasteiger partial charge in [0.1, 0.15) is 0 Å². The van der Waals surface area contributed by atoms with Crippen molar-refractivity contribution in [1.82, 2.24) is 5.32 Å². The summed E-state index contributed by atoms with van der Waals surface area (Å²) in [6, 6.07) is 7.39. The average Bonchev–Trinajstić information content (AvgIpc) is 2.55. The Hall–Kier alpha value is -1.88. The number of aliphatic carboxylic acids is 1. The summed E-state index contributed by atoms with van der Waals surface area (Å²) in [4.78, 5) is 23.6. The van der Waals surface area contributed by atoms with Crippen molar-refractivity contribution in [2.75, 3.05) is 19.8 Å². The van der Waals surface area contributed by atoms with Gasteiger partial charge in [0.2, 0.25) is 0 Å². The van der Waals surface area contributed by atoms with E-state index in [1.807, 2.05) is 12.1 Å². The Labute approximate surface area is 130 Å². The van der Waals surface area contributed by atoms with Gasteiger partial charge >= 0.3 is 5.97 Å². The van der Waals surface area contributed by atoms with E-state index in [0.29, 0.717) is 18.8 Å². The second kappa shape index (κ2) is 7.94. The summed E-state index contributed by atoms with van der Waals surface area (Å²) >= 11 is 0. The molecular formula is C17H23NO4. The van der Waals surface area contributed by atoms with E-state index < -0.39 is 11.9 Å². The van der Waals surface area contributed by atoms with E-state index in [1.54, 1.807) is 12.1 Å². The van der Waals surface area contributed by atoms with Gasteiger partial charge in [-0.25, -0.2) is 0 Å². The van der Waals surface area contributed by atoms with Gasteiger partial charge in [0, 0.05) is 25.3 Å². The van der Waals surface area contributed by atoms with Gasteiger partial charge in [0.25, 0.3) is 5.91 Å². The third-order valence-corrected chi connectivity index (χ3v) is 4.26. The molecule has 1 aliphatic rings. The molecule has 0 saturated carbocycles. The molecule has 0 aromatic heterocycles. The molecule has 0 aliphatic carbocycles. The lowest BCUT2D eigenvalue weighted by molar-refractivity contribution is -0.144. The molecule has 1 unspecified atom stereocenters. The number of hydrogen-bond donors (Lipinski definition) is 2. The molecule has 2 N–H and O–H groups in total. The number of carboxylic acid groups (broad SMARTS) is 1. The standard InChI is InChI=1S/C17H23NO4/c1-2-12-3-5-14(6-4-12)16(19)18-11-15(17(20)21)13-7-9-22-10-8-13/h3-6,13,15H,2,7-11H2,1H3,(H,18,19)(H,20,21). The first kappa shape index (κ1) is 16.5. The van der Waals surface area contributed by atoms with E-state index in [0.717, 1.165) is 19.3 Å². The van der Waals surface area contributed by atoms with Gasteiger partial charge in [-0.1, -0.05) is 19.1 Å². The van der Waals surface area contributed by atoms with Crippen LogP contribution in [0.15, 0.2) is 24.3 Å². The number of amides is 1. The number of rotatable bonds is 6. The molecule has 5 nitrogen and oxygen atoms in total. The van der Waals surface area contributed by atoms with Gasteiger partial charge in [-0.05, 0) is 42.9 Å². The summed E-state index contributed by atoms with van der Waals surface area (Å²) in [6.45, 7) is 3.41. The summed E-state index contributed by atoms with van der Waals surface area (Å²) in [5, 5.41) is 12.1. The van der Waals surface area contributed by atoms with Crippen molar-refractivity contribution in [2.24, 2.45) is 11.8 Å². The van der Waals surface area contributed by atoms with Crippen molar-refractivity contribution in [3.8, 4) is 0 Å². The first-order chi connectivity index (χ1) is 10.6. The summed E-state index contributed by atoms with van der Waals surface area (Å²) in [7, 11) is 0. The van der Waals surface area contributed by atoms with Gasteiger partial charge in [0.05, 0.1) is 5.92 Å². The van der Waals surface area contributed by atoms with Crippen LogP contribution < -0.4 is 5.32 Å². The lowest BCUT2D eigenvalue weighted by Crippen LogP contribution is -2.39. The van der Waals surface area contributed by atoms with Crippen molar-refractivity contribution in [2.45, 2.75) is 26.2 Å². The summed E-state index contributed by atoms with van der Waals surface area (Å²) in [5.41, 5.74) is 1.73. The predicted octanol–water partition coefficient (Wildman–Crippen LogP) is 2.11. The maximum absolute atomic E-state index is 12.1. The molecule has 0 radical (unpaired) electrons. The van der Waals surface area contributed by atoms with E-state index in [2.05, 4.69) is 12.2 Å². The van der Waals surface area contributed by atoms with Gasteiger partial charge < -0.3 is 15.2 Å². The molecule has 1 aromatic carbocycles. The fourth-order valence-corrected chi connectivity index (χ4v) is 2.77. The van der Waals surface area contributed by atoms with Crippen molar-refractivity contribution in [3.63, 3.8) is 0 Å². The molecule has 1 aliphatic heterocycles. The molecular weight excluding hydrogens is 282 g/mol. The van der Waals surface area contributed by atoms with E-state index in [-0.39, 0.29) is 18.4 Å². The molecule has 1 heterocycles. The molecule has 0 spiro atoms. The number of carbonyl (C=O) groups is 2. The van der Waals surface area contributed by atoms with Gasteiger partial charge in [0.15, 0.2) is 0 Å². The largest absolute Gasteiger partial charge is 0.481 e. The van der Waals surface area contributed by atoms with E-state index in [1.165, 1.54) is 5.56 Å². The van der Waals surface area contributed by atoms with E-state index >= 15 is 0 Å². The highest BCUT2D eigenvalue weighted by Gasteiger charge is 2.30. The van der Waals surface area contributed by atoms with Crippen molar-refractivity contribution >= 4 is 11.9 Å². The van der Waals surface area contributed by atoms with Crippen LogP contribution in [0, 0.1) is 11.8 Å². The number of carboxylic acids is 1. The number of hydrogen-bond acceptors (Lipinski definition) is 3. The molecule has 1 fully saturated rings. The lowest BCUT2D eigenvalue weighted by atomic mass is 9.86. The van der Waals surface area contributed by atoms with E-state index in [9.17, 15) is 14.7 Å². The third kappa shape index (κ3) is 4.31. The highest BCUT2D eigenvalue weighted by molar-refractivity contribution is 5.94. The second-order valence-electron chi connectivity index (χ2n) is 5.66. The van der Waals surface area contributed by atoms with Crippen LogP contribution in [-0.4, -0.2) is 36.7 Å². The molecule has 0 bridgehead atoms. The third-order valence-electron chi connectivity index (χ3n) is 4.26. The normalized spacial score (nSPS) is 17.0. The zero-order valence-electron chi connectivity index (χ0n) is 12.9. The predicted molar refractivity (Wildman–Crippen MR) is 82.8 cm³/mol. The van der Waals surface area contributed by atoms with Gasteiger partial charge in [-0.15, -0.1) is 0 Å². The monoisotopic (exact) mass is 305 g/mol. The number of ether oxygens (including phenoxy) is 1. The zero-order valence-corrected chi connectivity index (χ0v) is 12.9. The maximum Gasteiger partial charge on any atom is 0.308 e. The van der Waals surface area contributed by atoms with Crippen molar-refractivity contribution < 1.29 is 19.4 Å². The molecule has 1 amide bonds. The molecule has 1 saturated heterocycles. The van der Waals surface area contributed by atoms with Crippen LogP contribution in [0.25, 0.3) is 0 Å². The summed E-state index contributed by atoms with van der Waals surface area (Å²) < 4.78 is 5.27. The second-order valence-corrected chi connectivity index (χ2v) is 5.66. The molecule has 1 aromatic rings. The minimum Gasteiger partial charge on any atom is -0.481 e. The number of nitrogens with one attached hydrogen (secondary N) is 1. The summed E-state index contributed by atoms with van der Waals surface area (Å²) in [6.07, 6.45) is 2.39. The van der Waals surface area contributed by atoms with Crippen LogP contribution in [-0.2, 0) is 16.0 Å². The van der Waals surface area contributed by atoms with Crippen LogP contribution >= 0.6 is 0 Å². The highest BCUT2D eigenvalue weighted by Crippen LogP contribution is 2.23. The Balaban J connectivity index is 1.93. The zero-order chi connectivity index (χ0) is 15.9. The number of aryl methyl sites for hydroxylation is 1. The van der Waals surface area contributed by atoms with Crippen LogP contribution in [0.5, 0.6) is 0 Å². The molecule has 5 heteroatoms. The number of benzene rings is 1. The molecule has 22 heavy (non-hydrogen) atoms. The van der Waals surface area contributed by atoms with Gasteiger partial charge in [-0.2, -0.15) is 0 Å². The first-order valence-corrected chi connectivity index (χ1v) is 7.79. The molecule has 120 valence electrons. The Kier molecular flexibility index (Phi) is 5.95. The van der Waals surface area contributed by atoms with E-state index in [4.69, 9.17) is 4.74 Å². The van der Waals surface area contributed by atoms with Crippen molar-refractivity contribution in [3.05, 3.63) is 35.4 Å². The fraction of sp³-hybridized carbons (Fsp3) is 0.529. The maximum atomic E-state index is 12.1. The van der Waals surface area contributed by atoms with Crippen LogP contribution in [0.3, 0.4) is 0 Å². The van der Waals surface area contributed by atoms with Crippen LogP contribution in [0.4, 0.5) is 0 Å². The Morgan fingerprint density at radius 2 is 1.91 bits per heavy atom. The van der Waals surface area contributed by atoms with Gasteiger partial charge in [-0.3, -0.25) is 9.59 Å². The molecule has 1 atom stereocenters. The van der Waals surface area contributed by atoms with Crippen LogP contribution in [0.1, 0.15) is 35.7 Å². The first-order valence-electron chi connectivity index (χ1n) is 7.79. The van der Waals surface area contributed by atoms with Crippen LogP contribution in [0.2, 0.25) is 0 Å². The Morgan fingerprint density at radius 3 is 2.45 bits per heavy atom.